The Labute approximate surface area is 126 Å². The standard InChI is InChI=1S/C14H9BrF3NO2/c15-10-7-8(5-6-11(10)19)13(20)9-3-1-2-4-12(9)21-14(16,17)18/h1-7H,19H2. The number of anilines is 1. The predicted molar refractivity (Wildman–Crippen MR) is 75.1 cm³/mol. The number of nitrogen functional groups attached to an aromatic ring is 1. The van der Waals surface area contributed by atoms with Crippen molar-refractivity contribution in [2.45, 2.75) is 6.36 Å². The molecular formula is C14H9BrF3NO2. The van der Waals surface area contributed by atoms with Crippen molar-refractivity contribution in [3.05, 3.63) is 58.1 Å². The predicted octanol–water partition coefficient (Wildman–Crippen LogP) is 4.16. The first-order chi connectivity index (χ1) is 9.78. The van der Waals surface area contributed by atoms with E-state index in [-0.39, 0.29) is 11.1 Å². The summed E-state index contributed by atoms with van der Waals surface area (Å²) in [6.07, 6.45) is -4.86. The van der Waals surface area contributed by atoms with Gasteiger partial charge in [0.05, 0.1) is 5.56 Å². The summed E-state index contributed by atoms with van der Waals surface area (Å²) in [6.45, 7) is 0. The zero-order valence-electron chi connectivity index (χ0n) is 10.4. The van der Waals surface area contributed by atoms with Gasteiger partial charge in [-0.2, -0.15) is 0 Å². The number of halogens is 4. The molecule has 0 unspecified atom stereocenters. The molecule has 0 aliphatic carbocycles. The second kappa shape index (κ2) is 5.77. The molecule has 0 aliphatic heterocycles. The number of ketones is 1. The van der Waals surface area contributed by atoms with Crippen LogP contribution in [0.5, 0.6) is 5.75 Å². The van der Waals surface area contributed by atoms with Gasteiger partial charge in [-0.1, -0.05) is 12.1 Å². The second-order valence-electron chi connectivity index (χ2n) is 4.11. The van der Waals surface area contributed by atoms with Gasteiger partial charge in [0.1, 0.15) is 5.75 Å². The van der Waals surface area contributed by atoms with E-state index in [1.54, 1.807) is 0 Å². The van der Waals surface area contributed by atoms with Gasteiger partial charge in [0, 0.05) is 15.7 Å². The van der Waals surface area contributed by atoms with Crippen molar-refractivity contribution in [1.82, 2.24) is 0 Å². The van der Waals surface area contributed by atoms with Crippen molar-refractivity contribution < 1.29 is 22.7 Å². The van der Waals surface area contributed by atoms with Gasteiger partial charge in [0.25, 0.3) is 0 Å². The van der Waals surface area contributed by atoms with Crippen LogP contribution in [0, 0.1) is 0 Å². The SMILES string of the molecule is Nc1ccc(C(=O)c2ccccc2OC(F)(F)F)cc1Br. The maximum Gasteiger partial charge on any atom is 0.573 e. The van der Waals surface area contributed by atoms with Crippen LogP contribution in [0.1, 0.15) is 15.9 Å². The third kappa shape index (κ3) is 3.75. The molecule has 110 valence electrons. The molecular weight excluding hydrogens is 351 g/mol. The summed E-state index contributed by atoms with van der Waals surface area (Å²) in [5.41, 5.74) is 6.06. The Hall–Kier alpha value is -2.02. The van der Waals surface area contributed by atoms with Crippen molar-refractivity contribution >= 4 is 27.4 Å². The van der Waals surface area contributed by atoms with Crippen LogP contribution in [0.15, 0.2) is 46.9 Å². The number of benzene rings is 2. The lowest BCUT2D eigenvalue weighted by atomic mass is 10.0. The average Bonchev–Trinajstić information content (AvgIpc) is 2.40. The molecule has 0 saturated heterocycles. The lowest BCUT2D eigenvalue weighted by Gasteiger charge is -2.12. The van der Waals surface area contributed by atoms with Crippen LogP contribution in [0.3, 0.4) is 0 Å². The van der Waals surface area contributed by atoms with Gasteiger partial charge >= 0.3 is 6.36 Å². The Kier molecular flexibility index (Phi) is 4.22. The molecule has 0 spiro atoms. The quantitative estimate of drug-likeness (QED) is 0.661. The van der Waals surface area contributed by atoms with E-state index in [0.29, 0.717) is 10.2 Å². The Morgan fingerprint density at radius 2 is 1.81 bits per heavy atom. The van der Waals surface area contributed by atoms with Crippen molar-refractivity contribution in [2.75, 3.05) is 5.73 Å². The third-order valence-corrected chi connectivity index (χ3v) is 3.31. The molecule has 2 aromatic carbocycles. The van der Waals surface area contributed by atoms with E-state index >= 15 is 0 Å². The van der Waals surface area contributed by atoms with E-state index in [1.807, 2.05) is 0 Å². The number of hydrogen-bond acceptors (Lipinski definition) is 3. The van der Waals surface area contributed by atoms with Crippen LogP contribution in [0.25, 0.3) is 0 Å². The van der Waals surface area contributed by atoms with Gasteiger partial charge in [0.2, 0.25) is 0 Å². The van der Waals surface area contributed by atoms with Gasteiger partial charge in [0.15, 0.2) is 5.78 Å². The highest BCUT2D eigenvalue weighted by molar-refractivity contribution is 9.10. The largest absolute Gasteiger partial charge is 0.573 e. The minimum Gasteiger partial charge on any atom is -0.405 e. The van der Waals surface area contributed by atoms with E-state index < -0.39 is 17.9 Å². The van der Waals surface area contributed by atoms with E-state index in [0.717, 1.165) is 6.07 Å². The van der Waals surface area contributed by atoms with E-state index in [9.17, 15) is 18.0 Å². The first-order valence-electron chi connectivity index (χ1n) is 5.72. The summed E-state index contributed by atoms with van der Waals surface area (Å²) in [5.74, 6) is -1.13. The van der Waals surface area contributed by atoms with Crippen molar-refractivity contribution in [1.29, 1.82) is 0 Å². The fourth-order valence-corrected chi connectivity index (χ4v) is 2.07. The Morgan fingerprint density at radius 3 is 2.43 bits per heavy atom. The van der Waals surface area contributed by atoms with Crippen LogP contribution in [-0.4, -0.2) is 12.1 Å². The highest BCUT2D eigenvalue weighted by Gasteiger charge is 2.32. The number of nitrogens with two attached hydrogens (primary N) is 1. The van der Waals surface area contributed by atoms with Crippen LogP contribution in [-0.2, 0) is 0 Å². The highest BCUT2D eigenvalue weighted by atomic mass is 79.9. The molecule has 0 amide bonds. The molecule has 0 fully saturated rings. The number of alkyl halides is 3. The minimum atomic E-state index is -4.86. The lowest BCUT2D eigenvalue weighted by Crippen LogP contribution is -2.19. The van der Waals surface area contributed by atoms with Gasteiger partial charge in [-0.05, 0) is 46.3 Å². The molecule has 0 aliphatic rings. The van der Waals surface area contributed by atoms with Gasteiger partial charge < -0.3 is 10.5 Å². The van der Waals surface area contributed by atoms with Crippen LogP contribution in [0.4, 0.5) is 18.9 Å². The fraction of sp³-hybridized carbons (Fsp3) is 0.0714. The summed E-state index contributed by atoms with van der Waals surface area (Å²) >= 11 is 3.17. The van der Waals surface area contributed by atoms with E-state index in [4.69, 9.17) is 5.73 Å². The van der Waals surface area contributed by atoms with Crippen molar-refractivity contribution in [3.8, 4) is 5.75 Å². The first kappa shape index (κ1) is 15.4. The number of para-hydroxylation sites is 1. The minimum absolute atomic E-state index is 0.175. The molecule has 0 aromatic heterocycles. The highest BCUT2D eigenvalue weighted by Crippen LogP contribution is 2.29. The maximum absolute atomic E-state index is 12.3. The molecule has 21 heavy (non-hydrogen) atoms. The van der Waals surface area contributed by atoms with E-state index in [1.165, 1.54) is 36.4 Å². The molecule has 0 radical (unpaired) electrons. The second-order valence-corrected chi connectivity index (χ2v) is 4.96. The smallest absolute Gasteiger partial charge is 0.405 e. The van der Waals surface area contributed by atoms with Crippen molar-refractivity contribution in [2.24, 2.45) is 0 Å². The average molecular weight is 360 g/mol. The molecule has 7 heteroatoms. The number of carbonyl (C=O) groups excluding carboxylic acids is 1. The van der Waals surface area contributed by atoms with Crippen LogP contribution < -0.4 is 10.5 Å². The van der Waals surface area contributed by atoms with Gasteiger partial charge in [-0.15, -0.1) is 13.2 Å². The van der Waals surface area contributed by atoms with Crippen molar-refractivity contribution in [3.63, 3.8) is 0 Å². The molecule has 0 bridgehead atoms. The number of rotatable bonds is 3. The maximum atomic E-state index is 12.3. The Bertz CT molecular complexity index is 686. The topological polar surface area (TPSA) is 52.3 Å². The van der Waals surface area contributed by atoms with E-state index in [2.05, 4.69) is 20.7 Å². The molecule has 0 heterocycles. The molecule has 2 rings (SSSR count). The Morgan fingerprint density at radius 1 is 1.14 bits per heavy atom. The third-order valence-electron chi connectivity index (χ3n) is 2.62. The zero-order chi connectivity index (χ0) is 15.6. The van der Waals surface area contributed by atoms with Crippen LogP contribution >= 0.6 is 15.9 Å². The normalized spacial score (nSPS) is 11.2. The van der Waals surface area contributed by atoms with Gasteiger partial charge in [-0.25, -0.2) is 0 Å². The number of hydrogen-bond donors (Lipinski definition) is 1. The summed E-state index contributed by atoms with van der Waals surface area (Å²) in [7, 11) is 0. The molecule has 0 saturated carbocycles. The molecule has 3 nitrogen and oxygen atoms in total. The molecule has 2 aromatic rings. The van der Waals surface area contributed by atoms with Crippen LogP contribution in [0.2, 0.25) is 0 Å². The summed E-state index contributed by atoms with van der Waals surface area (Å²) < 4.78 is 41.4. The first-order valence-corrected chi connectivity index (χ1v) is 6.52. The number of ether oxygens (including phenoxy) is 1. The Balaban J connectivity index is 2.41. The summed E-state index contributed by atoms with van der Waals surface area (Å²) in [4.78, 5) is 12.3. The van der Waals surface area contributed by atoms with Gasteiger partial charge in [-0.3, -0.25) is 4.79 Å². The monoisotopic (exact) mass is 359 g/mol. The summed E-state index contributed by atoms with van der Waals surface area (Å²) in [6, 6.07) is 9.56. The summed E-state index contributed by atoms with van der Waals surface area (Å²) in [5, 5.41) is 0. The lowest BCUT2D eigenvalue weighted by molar-refractivity contribution is -0.274. The zero-order valence-corrected chi connectivity index (χ0v) is 12.0. The number of carbonyl (C=O) groups is 1. The molecule has 0 atom stereocenters. The fourth-order valence-electron chi connectivity index (χ4n) is 1.69. The molecule has 2 N–H and O–H groups in total.